The predicted molar refractivity (Wildman–Crippen MR) is 106 cm³/mol. The Bertz CT molecular complexity index is 1040. The van der Waals surface area contributed by atoms with Gasteiger partial charge in [-0.25, -0.2) is 8.78 Å². The van der Waals surface area contributed by atoms with Gasteiger partial charge in [-0.3, -0.25) is 4.79 Å². The number of nitrogens with zero attached hydrogens (tertiary/aromatic N) is 2. The van der Waals surface area contributed by atoms with Crippen molar-refractivity contribution < 1.29 is 18.3 Å². The maximum atomic E-state index is 14.5. The van der Waals surface area contributed by atoms with Crippen LogP contribution in [-0.4, -0.2) is 35.8 Å². The first-order valence-corrected chi connectivity index (χ1v) is 9.82. The van der Waals surface area contributed by atoms with Gasteiger partial charge in [0.1, 0.15) is 28.4 Å². The summed E-state index contributed by atoms with van der Waals surface area (Å²) in [5.74, 6) is -2.59. The minimum absolute atomic E-state index is 0.0715. The van der Waals surface area contributed by atoms with Crippen LogP contribution in [0.1, 0.15) is 11.5 Å². The summed E-state index contributed by atoms with van der Waals surface area (Å²) in [4.78, 5) is 12.3. The zero-order valence-electron chi connectivity index (χ0n) is 15.1. The van der Waals surface area contributed by atoms with Crippen LogP contribution in [0.2, 0.25) is 5.02 Å². The van der Waals surface area contributed by atoms with Crippen LogP contribution in [0, 0.1) is 11.6 Å². The van der Waals surface area contributed by atoms with Crippen LogP contribution in [0.15, 0.2) is 36.4 Å². The third-order valence-corrected chi connectivity index (χ3v) is 5.79. The fraction of sp³-hybridized carbons (Fsp3) is 0.211. The van der Waals surface area contributed by atoms with Crippen LogP contribution in [0.3, 0.4) is 0 Å². The highest BCUT2D eigenvalue weighted by atomic mass is 35.5. The number of rotatable bonds is 5. The molecular formula is C19H15ClF2N4O2S. The topological polar surface area (TPSA) is 76.1 Å². The van der Waals surface area contributed by atoms with Crippen molar-refractivity contribution in [1.29, 1.82) is 0 Å². The summed E-state index contributed by atoms with van der Waals surface area (Å²) in [7, 11) is 1.33. The molecular weight excluding hydrogens is 422 g/mol. The number of halogens is 3. The van der Waals surface area contributed by atoms with Crippen molar-refractivity contribution in [3.63, 3.8) is 0 Å². The number of carbonyl (C=O) groups is 1. The highest BCUT2D eigenvalue weighted by Gasteiger charge is 2.39. The SMILES string of the molecule is COc1cc(F)c(C2CNC(=O)C2Nc2nnc(-c3ccc(Cl)cc3)s2)c(F)c1. The molecule has 1 fully saturated rings. The number of benzene rings is 2. The quantitative estimate of drug-likeness (QED) is 0.635. The lowest BCUT2D eigenvalue weighted by Gasteiger charge is -2.19. The van der Waals surface area contributed by atoms with E-state index in [1.165, 1.54) is 18.4 Å². The molecule has 2 atom stereocenters. The summed E-state index contributed by atoms with van der Waals surface area (Å²) in [6.07, 6.45) is 0. The number of anilines is 1. The molecule has 0 radical (unpaired) electrons. The van der Waals surface area contributed by atoms with Gasteiger partial charge in [0.05, 0.1) is 7.11 Å². The third-order valence-electron chi connectivity index (χ3n) is 4.64. The standard InChI is InChI=1S/C19H15ClF2N4O2S/c1-28-11-6-13(21)15(14(22)7-11)12-8-23-17(27)16(12)24-19-26-25-18(29-19)9-2-4-10(20)5-3-9/h2-7,12,16H,8H2,1H3,(H,23,27)(H,24,26). The Morgan fingerprint density at radius 3 is 2.55 bits per heavy atom. The molecule has 150 valence electrons. The van der Waals surface area contributed by atoms with Crippen LogP contribution >= 0.6 is 22.9 Å². The van der Waals surface area contributed by atoms with Gasteiger partial charge < -0.3 is 15.4 Å². The Morgan fingerprint density at radius 2 is 1.90 bits per heavy atom. The molecule has 0 bridgehead atoms. The molecule has 6 nitrogen and oxygen atoms in total. The first-order chi connectivity index (χ1) is 14.0. The van der Waals surface area contributed by atoms with E-state index in [2.05, 4.69) is 20.8 Å². The molecule has 0 spiro atoms. The predicted octanol–water partition coefficient (Wildman–Crippen LogP) is 3.84. The lowest BCUT2D eigenvalue weighted by Crippen LogP contribution is -2.33. The molecule has 29 heavy (non-hydrogen) atoms. The van der Waals surface area contributed by atoms with Gasteiger partial charge in [0.15, 0.2) is 0 Å². The number of carbonyl (C=O) groups excluding carboxylic acids is 1. The molecule has 1 aromatic heterocycles. The fourth-order valence-corrected chi connectivity index (χ4v) is 4.13. The Labute approximate surface area is 173 Å². The van der Waals surface area contributed by atoms with E-state index in [1.807, 2.05) is 0 Å². The van der Waals surface area contributed by atoms with Crippen LogP contribution in [-0.2, 0) is 4.79 Å². The van der Waals surface area contributed by atoms with Crippen LogP contribution in [0.5, 0.6) is 5.75 Å². The molecule has 2 N–H and O–H groups in total. The van der Waals surface area contributed by atoms with Gasteiger partial charge in [0.25, 0.3) is 0 Å². The molecule has 1 amide bonds. The number of ether oxygens (including phenoxy) is 1. The second kappa shape index (κ2) is 7.92. The molecule has 2 heterocycles. The molecule has 10 heteroatoms. The molecule has 2 unspecified atom stereocenters. The van der Waals surface area contributed by atoms with Crippen LogP contribution in [0.4, 0.5) is 13.9 Å². The summed E-state index contributed by atoms with van der Waals surface area (Å²) in [6.45, 7) is 0.0967. The lowest BCUT2D eigenvalue weighted by atomic mass is 9.93. The Morgan fingerprint density at radius 1 is 1.21 bits per heavy atom. The number of hydrogen-bond donors (Lipinski definition) is 2. The van der Waals surface area contributed by atoms with Gasteiger partial charge in [-0.15, -0.1) is 10.2 Å². The minimum Gasteiger partial charge on any atom is -0.497 e. The summed E-state index contributed by atoms with van der Waals surface area (Å²) in [6, 6.07) is 8.39. The van der Waals surface area contributed by atoms with Gasteiger partial charge in [0.2, 0.25) is 11.0 Å². The Hall–Kier alpha value is -2.78. The lowest BCUT2D eigenvalue weighted by molar-refractivity contribution is -0.119. The zero-order chi connectivity index (χ0) is 20.5. The Kier molecular flexibility index (Phi) is 5.33. The van der Waals surface area contributed by atoms with E-state index in [1.54, 1.807) is 24.3 Å². The minimum atomic E-state index is -0.890. The second-order valence-electron chi connectivity index (χ2n) is 6.40. The smallest absolute Gasteiger partial charge is 0.243 e. The summed E-state index contributed by atoms with van der Waals surface area (Å²) >= 11 is 7.12. The first-order valence-electron chi connectivity index (χ1n) is 8.63. The second-order valence-corrected chi connectivity index (χ2v) is 7.81. The average Bonchev–Trinajstić information content (AvgIpc) is 3.30. The van der Waals surface area contributed by atoms with Crippen molar-refractivity contribution in [2.24, 2.45) is 0 Å². The highest BCUT2D eigenvalue weighted by molar-refractivity contribution is 7.18. The molecule has 1 aliphatic heterocycles. The van der Waals surface area contributed by atoms with E-state index in [0.29, 0.717) is 15.2 Å². The van der Waals surface area contributed by atoms with Gasteiger partial charge in [0, 0.05) is 40.7 Å². The number of nitrogens with one attached hydrogen (secondary N) is 2. The monoisotopic (exact) mass is 436 g/mol. The molecule has 1 saturated heterocycles. The number of amides is 1. The molecule has 3 aromatic rings. The van der Waals surface area contributed by atoms with Gasteiger partial charge in [-0.2, -0.15) is 0 Å². The van der Waals surface area contributed by atoms with Crippen molar-refractivity contribution >= 4 is 34.0 Å². The fourth-order valence-electron chi connectivity index (χ4n) is 3.21. The largest absolute Gasteiger partial charge is 0.497 e. The van der Waals surface area contributed by atoms with Crippen molar-refractivity contribution in [3.8, 4) is 16.3 Å². The van der Waals surface area contributed by atoms with Gasteiger partial charge in [-0.05, 0) is 12.1 Å². The number of methoxy groups -OCH3 is 1. The van der Waals surface area contributed by atoms with Gasteiger partial charge >= 0.3 is 0 Å². The average molecular weight is 437 g/mol. The van der Waals surface area contributed by atoms with Crippen LogP contribution < -0.4 is 15.4 Å². The summed E-state index contributed by atoms with van der Waals surface area (Å²) in [5, 5.41) is 15.4. The van der Waals surface area contributed by atoms with Crippen molar-refractivity contribution in [3.05, 3.63) is 58.6 Å². The van der Waals surface area contributed by atoms with E-state index >= 15 is 0 Å². The van der Waals surface area contributed by atoms with E-state index in [4.69, 9.17) is 16.3 Å². The van der Waals surface area contributed by atoms with Crippen LogP contribution in [0.25, 0.3) is 10.6 Å². The van der Waals surface area contributed by atoms with Crippen molar-refractivity contribution in [2.75, 3.05) is 19.0 Å². The molecule has 0 saturated carbocycles. The molecule has 1 aliphatic rings. The Balaban J connectivity index is 1.59. The molecule has 2 aromatic carbocycles. The van der Waals surface area contributed by atoms with Gasteiger partial charge in [-0.1, -0.05) is 35.1 Å². The maximum Gasteiger partial charge on any atom is 0.243 e. The number of hydrogen-bond acceptors (Lipinski definition) is 6. The summed E-state index contributed by atoms with van der Waals surface area (Å²) in [5.41, 5.74) is 0.642. The van der Waals surface area contributed by atoms with E-state index in [0.717, 1.165) is 17.7 Å². The summed E-state index contributed by atoms with van der Waals surface area (Å²) < 4.78 is 33.9. The number of aromatic nitrogens is 2. The third kappa shape index (κ3) is 3.88. The zero-order valence-corrected chi connectivity index (χ0v) is 16.7. The van der Waals surface area contributed by atoms with E-state index in [-0.39, 0.29) is 23.8 Å². The van der Waals surface area contributed by atoms with Crippen molar-refractivity contribution in [2.45, 2.75) is 12.0 Å². The maximum absolute atomic E-state index is 14.5. The normalized spacial score (nSPS) is 18.6. The molecule has 4 rings (SSSR count). The first kappa shape index (κ1) is 19.5. The van der Waals surface area contributed by atoms with E-state index < -0.39 is 23.6 Å². The highest BCUT2D eigenvalue weighted by Crippen LogP contribution is 2.34. The van der Waals surface area contributed by atoms with E-state index in [9.17, 15) is 13.6 Å². The molecule has 0 aliphatic carbocycles. The van der Waals surface area contributed by atoms with Crippen molar-refractivity contribution in [1.82, 2.24) is 15.5 Å².